The van der Waals surface area contributed by atoms with E-state index in [1.54, 1.807) is 24.3 Å². The molecule has 0 saturated carbocycles. The van der Waals surface area contributed by atoms with Gasteiger partial charge in [0.1, 0.15) is 5.82 Å². The summed E-state index contributed by atoms with van der Waals surface area (Å²) in [7, 11) is 0. The van der Waals surface area contributed by atoms with Crippen LogP contribution >= 0.6 is 0 Å². The molecule has 0 saturated heterocycles. The molecule has 0 bridgehead atoms. The molecule has 0 aliphatic carbocycles. The summed E-state index contributed by atoms with van der Waals surface area (Å²) in [6.45, 7) is 2.85. The molecule has 2 aromatic carbocycles. The van der Waals surface area contributed by atoms with Crippen LogP contribution in [0.4, 0.5) is 15.8 Å². The number of benzene rings is 2. The monoisotopic (exact) mass is 370 g/mol. The molecule has 1 unspecified atom stereocenters. The number of anilines is 2. The maximum Gasteiger partial charge on any atom is 0.331 e. The summed E-state index contributed by atoms with van der Waals surface area (Å²) in [5, 5.41) is 5.23. The average Bonchev–Trinajstić information content (AvgIpc) is 2.62. The van der Waals surface area contributed by atoms with Crippen LogP contribution in [0.5, 0.6) is 0 Å². The Labute approximate surface area is 156 Å². The van der Waals surface area contributed by atoms with E-state index in [4.69, 9.17) is 4.74 Å². The minimum absolute atomic E-state index is 0.194. The largest absolute Gasteiger partial charge is 0.449 e. The third-order valence-electron chi connectivity index (χ3n) is 3.42. The quantitative estimate of drug-likeness (QED) is 0.603. The first kappa shape index (κ1) is 19.8. The van der Waals surface area contributed by atoms with Gasteiger partial charge in [0.25, 0.3) is 5.91 Å². The number of hydrogen-bond donors (Lipinski definition) is 2. The van der Waals surface area contributed by atoms with Gasteiger partial charge in [-0.25, -0.2) is 9.18 Å². The number of amides is 2. The van der Waals surface area contributed by atoms with Crippen molar-refractivity contribution < 1.29 is 23.5 Å². The molecule has 7 heteroatoms. The van der Waals surface area contributed by atoms with Gasteiger partial charge >= 0.3 is 5.97 Å². The first-order valence-corrected chi connectivity index (χ1v) is 8.16. The highest BCUT2D eigenvalue weighted by Gasteiger charge is 2.16. The highest BCUT2D eigenvalue weighted by molar-refractivity contribution is 5.97. The second kappa shape index (κ2) is 9.28. The SMILES string of the molecule is CC(=O)Nc1ccc(NC(=O)C(C)OC(=O)C=Cc2ccc(F)cc2)cc1. The van der Waals surface area contributed by atoms with Crippen molar-refractivity contribution in [1.82, 2.24) is 0 Å². The van der Waals surface area contributed by atoms with Crippen molar-refractivity contribution in [3.63, 3.8) is 0 Å². The molecule has 0 aliphatic rings. The van der Waals surface area contributed by atoms with E-state index in [-0.39, 0.29) is 11.7 Å². The van der Waals surface area contributed by atoms with Crippen molar-refractivity contribution in [3.05, 3.63) is 66.0 Å². The Morgan fingerprint density at radius 1 is 0.963 bits per heavy atom. The predicted octanol–water partition coefficient (Wildman–Crippen LogP) is 3.37. The van der Waals surface area contributed by atoms with Crippen LogP contribution in [0.2, 0.25) is 0 Å². The molecule has 2 rings (SSSR count). The van der Waals surface area contributed by atoms with Gasteiger partial charge in [0.2, 0.25) is 5.91 Å². The Balaban J connectivity index is 1.86. The molecule has 2 amide bonds. The first-order valence-electron chi connectivity index (χ1n) is 8.16. The second-order valence-corrected chi connectivity index (χ2v) is 5.71. The molecular formula is C20H19FN2O4. The van der Waals surface area contributed by atoms with Crippen molar-refractivity contribution in [2.45, 2.75) is 20.0 Å². The van der Waals surface area contributed by atoms with E-state index >= 15 is 0 Å². The number of carbonyl (C=O) groups excluding carboxylic acids is 3. The van der Waals surface area contributed by atoms with Crippen LogP contribution in [-0.4, -0.2) is 23.9 Å². The normalized spacial score (nSPS) is 11.7. The molecule has 2 aromatic rings. The summed E-state index contributed by atoms with van der Waals surface area (Å²) in [6.07, 6.45) is 1.62. The van der Waals surface area contributed by atoms with Gasteiger partial charge in [0, 0.05) is 24.4 Å². The minimum atomic E-state index is -1.01. The zero-order chi connectivity index (χ0) is 19.8. The number of halogens is 1. The van der Waals surface area contributed by atoms with Crippen LogP contribution in [0.25, 0.3) is 6.08 Å². The Bertz CT molecular complexity index is 845. The highest BCUT2D eigenvalue weighted by atomic mass is 19.1. The van der Waals surface area contributed by atoms with E-state index in [9.17, 15) is 18.8 Å². The van der Waals surface area contributed by atoms with Crippen molar-refractivity contribution in [2.24, 2.45) is 0 Å². The number of carbonyl (C=O) groups is 3. The van der Waals surface area contributed by atoms with Gasteiger partial charge in [0.15, 0.2) is 6.10 Å². The number of hydrogen-bond acceptors (Lipinski definition) is 4. The van der Waals surface area contributed by atoms with Crippen molar-refractivity contribution in [2.75, 3.05) is 10.6 Å². The van der Waals surface area contributed by atoms with Crippen LogP contribution in [0.3, 0.4) is 0 Å². The number of ether oxygens (including phenoxy) is 1. The fourth-order valence-corrected chi connectivity index (χ4v) is 2.09. The van der Waals surface area contributed by atoms with E-state index in [0.29, 0.717) is 16.9 Å². The molecule has 6 nitrogen and oxygen atoms in total. The molecule has 140 valence electrons. The van der Waals surface area contributed by atoms with Gasteiger partial charge in [-0.15, -0.1) is 0 Å². The van der Waals surface area contributed by atoms with Crippen molar-refractivity contribution in [1.29, 1.82) is 0 Å². The van der Waals surface area contributed by atoms with E-state index in [1.807, 2.05) is 0 Å². The maximum absolute atomic E-state index is 12.8. The summed E-state index contributed by atoms with van der Waals surface area (Å²) >= 11 is 0. The lowest BCUT2D eigenvalue weighted by atomic mass is 10.2. The predicted molar refractivity (Wildman–Crippen MR) is 100 cm³/mol. The van der Waals surface area contributed by atoms with Crippen LogP contribution < -0.4 is 10.6 Å². The number of rotatable bonds is 6. The van der Waals surface area contributed by atoms with E-state index in [1.165, 1.54) is 50.3 Å². The third kappa shape index (κ3) is 6.74. The lowest BCUT2D eigenvalue weighted by Crippen LogP contribution is -2.29. The summed E-state index contributed by atoms with van der Waals surface area (Å²) in [5.41, 5.74) is 1.73. The molecular weight excluding hydrogens is 351 g/mol. The zero-order valence-electron chi connectivity index (χ0n) is 14.9. The summed E-state index contributed by atoms with van der Waals surface area (Å²) in [6, 6.07) is 12.1. The minimum Gasteiger partial charge on any atom is -0.449 e. The summed E-state index contributed by atoms with van der Waals surface area (Å²) in [5.74, 6) is -1.75. The van der Waals surface area contributed by atoms with Crippen LogP contribution in [0.15, 0.2) is 54.6 Å². The molecule has 0 spiro atoms. The van der Waals surface area contributed by atoms with Crippen molar-refractivity contribution >= 4 is 35.2 Å². The Morgan fingerprint density at radius 3 is 2.07 bits per heavy atom. The third-order valence-corrected chi connectivity index (χ3v) is 3.42. The standard InChI is InChI=1S/C20H19FN2O4/c1-13(27-19(25)12-5-15-3-6-16(21)7-4-15)20(26)23-18-10-8-17(9-11-18)22-14(2)24/h3-13H,1-2H3,(H,22,24)(H,23,26). The van der Waals surface area contributed by atoms with E-state index in [0.717, 1.165) is 0 Å². The maximum atomic E-state index is 12.8. The molecule has 2 N–H and O–H groups in total. The lowest BCUT2D eigenvalue weighted by Gasteiger charge is -2.12. The van der Waals surface area contributed by atoms with Gasteiger partial charge in [-0.2, -0.15) is 0 Å². The van der Waals surface area contributed by atoms with Gasteiger partial charge in [-0.1, -0.05) is 12.1 Å². The zero-order valence-corrected chi connectivity index (χ0v) is 14.9. The first-order chi connectivity index (χ1) is 12.8. The molecule has 27 heavy (non-hydrogen) atoms. The van der Waals surface area contributed by atoms with Gasteiger partial charge in [-0.3, -0.25) is 9.59 Å². The summed E-state index contributed by atoms with van der Waals surface area (Å²) < 4.78 is 17.9. The Morgan fingerprint density at radius 2 is 1.52 bits per heavy atom. The summed E-state index contributed by atoms with van der Waals surface area (Å²) in [4.78, 5) is 34.9. The van der Waals surface area contributed by atoms with E-state index in [2.05, 4.69) is 10.6 Å². The smallest absolute Gasteiger partial charge is 0.331 e. The van der Waals surface area contributed by atoms with Crippen LogP contribution in [-0.2, 0) is 19.1 Å². The van der Waals surface area contributed by atoms with Gasteiger partial charge in [0.05, 0.1) is 0 Å². The van der Waals surface area contributed by atoms with E-state index < -0.39 is 18.0 Å². The molecule has 0 aliphatic heterocycles. The lowest BCUT2D eigenvalue weighted by molar-refractivity contribution is -0.148. The molecule has 0 fully saturated rings. The van der Waals surface area contributed by atoms with Crippen molar-refractivity contribution in [3.8, 4) is 0 Å². The number of nitrogens with one attached hydrogen (secondary N) is 2. The highest BCUT2D eigenvalue weighted by Crippen LogP contribution is 2.14. The molecule has 0 radical (unpaired) electrons. The van der Waals surface area contributed by atoms with Gasteiger partial charge < -0.3 is 15.4 Å². The second-order valence-electron chi connectivity index (χ2n) is 5.71. The topological polar surface area (TPSA) is 84.5 Å². The number of esters is 1. The molecule has 0 heterocycles. The fraction of sp³-hybridized carbons (Fsp3) is 0.150. The molecule has 0 aromatic heterocycles. The average molecular weight is 370 g/mol. The molecule has 1 atom stereocenters. The Kier molecular flexibility index (Phi) is 6.82. The fourth-order valence-electron chi connectivity index (χ4n) is 2.09. The van der Waals surface area contributed by atoms with Crippen LogP contribution in [0, 0.1) is 5.82 Å². The van der Waals surface area contributed by atoms with Gasteiger partial charge in [-0.05, 0) is 55.0 Å². The Hall–Kier alpha value is -3.48. The van der Waals surface area contributed by atoms with Crippen LogP contribution in [0.1, 0.15) is 19.4 Å².